The molecule has 0 aromatic heterocycles. The summed E-state index contributed by atoms with van der Waals surface area (Å²) in [6.07, 6.45) is -8.71. The van der Waals surface area contributed by atoms with Gasteiger partial charge >= 0.3 is 15.6 Å². The largest absolute Gasteiger partial charge is 0.481 e. The molecule has 0 saturated carbocycles. The van der Waals surface area contributed by atoms with Crippen molar-refractivity contribution in [2.24, 2.45) is 0 Å². The monoisotopic (exact) mass is 340 g/mol. The van der Waals surface area contributed by atoms with Crippen LogP contribution in [-0.4, -0.2) is 72.4 Å². The van der Waals surface area contributed by atoms with Gasteiger partial charge < -0.3 is 39.9 Å². The zero-order chi connectivity index (χ0) is 16.1. The molecule has 0 saturated heterocycles. The van der Waals surface area contributed by atoms with Crippen LogP contribution in [0.1, 0.15) is 0 Å². The van der Waals surface area contributed by atoms with Gasteiger partial charge in [0.05, 0.1) is 6.61 Å². The third-order valence-electron chi connectivity index (χ3n) is 1.88. The Kier molecular flexibility index (Phi) is 7.60. The molecular formula is C6H14O12P2. The summed E-state index contributed by atoms with van der Waals surface area (Å²) < 4.78 is 29.0. The van der Waals surface area contributed by atoms with Crippen LogP contribution in [0.25, 0.3) is 0 Å². The van der Waals surface area contributed by atoms with E-state index in [-0.39, 0.29) is 6.29 Å². The highest BCUT2D eigenvalue weighted by Gasteiger charge is 2.40. The Bertz CT molecular complexity index is 405. The number of carbonyl (C=O) groups is 1. The molecule has 120 valence electrons. The maximum absolute atomic E-state index is 11.1. The zero-order valence-electron chi connectivity index (χ0n) is 9.66. The van der Waals surface area contributed by atoms with Gasteiger partial charge in [-0.05, 0) is 0 Å². The highest BCUT2D eigenvalue weighted by molar-refractivity contribution is 7.60. The highest BCUT2D eigenvalue weighted by atomic mass is 31.3. The summed E-state index contributed by atoms with van der Waals surface area (Å²) in [7, 11) is -10.8. The lowest BCUT2D eigenvalue weighted by atomic mass is 10.0. The van der Waals surface area contributed by atoms with Gasteiger partial charge in [-0.25, -0.2) is 9.13 Å². The van der Waals surface area contributed by atoms with Gasteiger partial charge in [-0.1, -0.05) is 0 Å². The van der Waals surface area contributed by atoms with E-state index >= 15 is 0 Å². The number of hydrogen-bond acceptors (Lipinski definition) is 9. The topological polar surface area (TPSA) is 211 Å². The lowest BCUT2D eigenvalue weighted by molar-refractivity contribution is -0.135. The summed E-state index contributed by atoms with van der Waals surface area (Å²) in [5.74, 6) is 0. The van der Waals surface area contributed by atoms with E-state index in [4.69, 9.17) is 24.9 Å². The molecule has 0 rings (SSSR count). The van der Waals surface area contributed by atoms with Crippen LogP contribution in [-0.2, 0) is 22.8 Å². The van der Waals surface area contributed by atoms with E-state index in [0.717, 1.165) is 0 Å². The van der Waals surface area contributed by atoms with Crippen molar-refractivity contribution in [2.75, 3.05) is 6.61 Å². The fourth-order valence-corrected chi connectivity index (χ4v) is 2.79. The second kappa shape index (κ2) is 7.69. The maximum atomic E-state index is 11.1. The minimum atomic E-state index is -5.40. The molecule has 20 heavy (non-hydrogen) atoms. The Balaban J connectivity index is 4.89. The van der Waals surface area contributed by atoms with Crippen molar-refractivity contribution >= 4 is 21.9 Å². The molecule has 0 radical (unpaired) electrons. The van der Waals surface area contributed by atoms with Crippen molar-refractivity contribution in [3.8, 4) is 0 Å². The Hall–Kier alpha value is -0.230. The number of carbonyl (C=O) groups excluding carboxylic acids is 1. The highest BCUT2D eigenvalue weighted by Crippen LogP contribution is 2.58. The summed E-state index contributed by atoms with van der Waals surface area (Å²) in [4.78, 5) is 35.8. The number of aliphatic hydroxyl groups excluding tert-OH is 4. The van der Waals surface area contributed by atoms with Crippen LogP contribution in [0.2, 0.25) is 0 Å². The van der Waals surface area contributed by atoms with Crippen LogP contribution in [0.15, 0.2) is 0 Å². The minimum absolute atomic E-state index is 0.160. The third-order valence-corrected chi connectivity index (χ3v) is 4.09. The first-order valence-corrected chi connectivity index (χ1v) is 7.84. The van der Waals surface area contributed by atoms with E-state index in [9.17, 15) is 24.1 Å². The lowest BCUT2D eigenvalue weighted by Gasteiger charge is -2.27. The summed E-state index contributed by atoms with van der Waals surface area (Å²) in [5.41, 5.74) is 0. The minimum Gasteiger partial charge on any atom is -0.394 e. The fraction of sp³-hybridized carbons (Fsp3) is 0.833. The predicted octanol–water partition coefficient (Wildman–Crippen LogP) is -3.14. The van der Waals surface area contributed by atoms with Crippen LogP contribution in [0.5, 0.6) is 0 Å². The van der Waals surface area contributed by atoms with Gasteiger partial charge in [-0.3, -0.25) is 4.52 Å². The molecule has 0 aliphatic rings. The van der Waals surface area contributed by atoms with Crippen LogP contribution >= 0.6 is 15.6 Å². The quantitative estimate of drug-likeness (QED) is 0.164. The number of aldehydes is 1. The van der Waals surface area contributed by atoms with Gasteiger partial charge in [-0.2, -0.15) is 4.31 Å². The fourth-order valence-electron chi connectivity index (χ4n) is 1.03. The average Bonchev–Trinajstić information content (AvgIpc) is 2.30. The van der Waals surface area contributed by atoms with Crippen molar-refractivity contribution in [3.63, 3.8) is 0 Å². The van der Waals surface area contributed by atoms with Crippen molar-refractivity contribution < 1.29 is 57.9 Å². The first kappa shape index (κ1) is 19.8. The molecule has 0 aliphatic heterocycles. The van der Waals surface area contributed by atoms with Crippen molar-refractivity contribution in [1.29, 1.82) is 0 Å². The third kappa shape index (κ3) is 6.97. The summed E-state index contributed by atoms with van der Waals surface area (Å²) in [5, 5.41) is 36.4. The van der Waals surface area contributed by atoms with Gasteiger partial charge in [0, 0.05) is 0 Å². The molecule has 14 heteroatoms. The second-order valence-corrected chi connectivity index (χ2v) is 6.26. The Morgan fingerprint density at radius 2 is 1.55 bits per heavy atom. The smallest absolute Gasteiger partial charge is 0.394 e. The van der Waals surface area contributed by atoms with Gasteiger partial charge in [0.2, 0.25) is 0 Å². The SMILES string of the molecule is O=C[C@H](O)[C@@H](O)[C@H](O)[C@H](CO)OP(=O)(O)OP(=O)(O)O. The summed E-state index contributed by atoms with van der Waals surface area (Å²) >= 11 is 0. The van der Waals surface area contributed by atoms with E-state index in [1.54, 1.807) is 0 Å². The van der Waals surface area contributed by atoms with Crippen molar-refractivity contribution in [2.45, 2.75) is 24.4 Å². The van der Waals surface area contributed by atoms with Crippen molar-refractivity contribution in [1.82, 2.24) is 0 Å². The summed E-state index contributed by atoms with van der Waals surface area (Å²) in [6.45, 7) is -1.20. The van der Waals surface area contributed by atoms with E-state index in [1.165, 1.54) is 0 Å². The molecule has 7 N–H and O–H groups in total. The molecule has 0 amide bonds. The van der Waals surface area contributed by atoms with E-state index in [2.05, 4.69) is 8.83 Å². The summed E-state index contributed by atoms with van der Waals surface area (Å²) in [6, 6.07) is 0. The molecule has 0 aromatic rings. The van der Waals surface area contributed by atoms with Gasteiger partial charge in [-0.15, -0.1) is 0 Å². The number of rotatable bonds is 9. The van der Waals surface area contributed by atoms with Crippen LogP contribution in [0.4, 0.5) is 0 Å². The maximum Gasteiger partial charge on any atom is 0.481 e. The Morgan fingerprint density at radius 1 is 1.05 bits per heavy atom. The number of aliphatic hydroxyl groups is 4. The first-order chi connectivity index (χ1) is 8.93. The van der Waals surface area contributed by atoms with Crippen LogP contribution < -0.4 is 0 Å². The molecule has 0 fully saturated rings. The molecule has 12 nitrogen and oxygen atoms in total. The molecule has 1 unspecified atom stereocenters. The number of phosphoric acid groups is 2. The number of phosphoric ester groups is 1. The Morgan fingerprint density at radius 3 is 1.90 bits per heavy atom. The number of hydrogen-bond donors (Lipinski definition) is 7. The van der Waals surface area contributed by atoms with Crippen LogP contribution in [0, 0.1) is 0 Å². The standard InChI is InChI=1S/C6H14O12P2/c7-1-3(9)5(10)6(11)4(2-8)17-20(15,16)18-19(12,13)14/h1,3-6,8-11H,2H2,(H,15,16)(H2,12,13,14)/t3-,4-,5+,6+/m0/s1. The van der Waals surface area contributed by atoms with Gasteiger partial charge in [0.25, 0.3) is 0 Å². The second-order valence-electron chi connectivity index (χ2n) is 3.48. The molecule has 0 heterocycles. The van der Waals surface area contributed by atoms with E-state index < -0.39 is 46.7 Å². The van der Waals surface area contributed by atoms with E-state index in [0.29, 0.717) is 0 Å². The first-order valence-electron chi connectivity index (χ1n) is 4.82. The Labute approximate surface area is 112 Å². The van der Waals surface area contributed by atoms with Gasteiger partial charge in [0.15, 0.2) is 6.29 Å². The molecule has 5 atom stereocenters. The molecular weight excluding hydrogens is 326 g/mol. The molecule has 0 aliphatic carbocycles. The van der Waals surface area contributed by atoms with Gasteiger partial charge in [0.1, 0.15) is 24.4 Å². The van der Waals surface area contributed by atoms with E-state index in [1.807, 2.05) is 0 Å². The predicted molar refractivity (Wildman–Crippen MR) is 59.0 cm³/mol. The lowest BCUT2D eigenvalue weighted by Crippen LogP contribution is -2.47. The molecule has 0 spiro atoms. The average molecular weight is 340 g/mol. The molecule has 0 aromatic carbocycles. The zero-order valence-corrected chi connectivity index (χ0v) is 11.4. The molecule has 0 bridgehead atoms. The normalized spacial score (nSPS) is 21.6. The van der Waals surface area contributed by atoms with Crippen LogP contribution in [0.3, 0.4) is 0 Å². The van der Waals surface area contributed by atoms with Crippen molar-refractivity contribution in [3.05, 3.63) is 0 Å².